The number of para-hydroxylation sites is 1. The van der Waals surface area contributed by atoms with E-state index < -0.39 is 5.91 Å². The van der Waals surface area contributed by atoms with Crippen molar-refractivity contribution < 1.29 is 9.59 Å². The highest BCUT2D eigenvalue weighted by Gasteiger charge is 2.23. The highest BCUT2D eigenvalue weighted by molar-refractivity contribution is 9.10. The number of amides is 2. The van der Waals surface area contributed by atoms with Crippen molar-refractivity contribution in [2.75, 3.05) is 26.2 Å². The third kappa shape index (κ3) is 4.13. The molecule has 1 aliphatic heterocycles. The van der Waals surface area contributed by atoms with Crippen molar-refractivity contribution in [3.8, 4) is 0 Å². The van der Waals surface area contributed by atoms with Crippen LogP contribution in [0.15, 0.2) is 53.0 Å². The van der Waals surface area contributed by atoms with E-state index >= 15 is 0 Å². The lowest BCUT2D eigenvalue weighted by atomic mass is 10.1. The number of halogens is 1. The fraction of sp³-hybridized carbons (Fsp3) is 0.304. The Bertz CT molecular complexity index is 1080. The van der Waals surface area contributed by atoms with E-state index in [1.54, 1.807) is 12.1 Å². The molecule has 0 atom stereocenters. The van der Waals surface area contributed by atoms with Gasteiger partial charge in [-0.1, -0.05) is 30.3 Å². The zero-order chi connectivity index (χ0) is 21.3. The topological polar surface area (TPSA) is 71.6 Å². The van der Waals surface area contributed by atoms with E-state index in [1.165, 1.54) is 0 Å². The minimum atomic E-state index is -0.411. The van der Waals surface area contributed by atoms with E-state index in [4.69, 9.17) is 5.73 Å². The predicted octanol–water partition coefficient (Wildman–Crippen LogP) is 3.16. The zero-order valence-corrected chi connectivity index (χ0v) is 18.6. The second kappa shape index (κ2) is 8.62. The Labute approximate surface area is 184 Å². The Kier molecular flexibility index (Phi) is 5.92. The van der Waals surface area contributed by atoms with Crippen LogP contribution in [0.2, 0.25) is 0 Å². The molecular formula is C23H25BrN4O2. The third-order valence-corrected chi connectivity index (χ3v) is 6.82. The SMILES string of the molecule is Cc1c(Br)c2ccccc2n1CC(=O)N1CCN(Cc2ccc(C(N)=O)cc2)CC1. The summed E-state index contributed by atoms with van der Waals surface area (Å²) in [5, 5.41) is 1.13. The molecule has 1 aliphatic rings. The van der Waals surface area contributed by atoms with Crippen LogP contribution in [-0.4, -0.2) is 52.4 Å². The van der Waals surface area contributed by atoms with Crippen LogP contribution in [0.3, 0.4) is 0 Å². The summed E-state index contributed by atoms with van der Waals surface area (Å²) in [6.07, 6.45) is 0. The van der Waals surface area contributed by atoms with Gasteiger partial charge in [0, 0.05) is 59.4 Å². The molecule has 2 aromatic carbocycles. The lowest BCUT2D eigenvalue weighted by Gasteiger charge is -2.35. The van der Waals surface area contributed by atoms with Crippen molar-refractivity contribution in [2.24, 2.45) is 5.73 Å². The fourth-order valence-electron chi connectivity index (χ4n) is 4.02. The molecule has 2 amide bonds. The summed E-state index contributed by atoms with van der Waals surface area (Å²) in [5.74, 6) is -0.261. The molecule has 1 fully saturated rings. The lowest BCUT2D eigenvalue weighted by Crippen LogP contribution is -2.49. The molecule has 0 bridgehead atoms. The predicted molar refractivity (Wildman–Crippen MR) is 121 cm³/mol. The van der Waals surface area contributed by atoms with Gasteiger partial charge >= 0.3 is 0 Å². The van der Waals surface area contributed by atoms with E-state index in [0.29, 0.717) is 12.1 Å². The minimum absolute atomic E-state index is 0.150. The average molecular weight is 469 g/mol. The largest absolute Gasteiger partial charge is 0.366 e. The molecule has 3 aromatic rings. The maximum absolute atomic E-state index is 13.0. The van der Waals surface area contributed by atoms with Crippen molar-refractivity contribution in [1.82, 2.24) is 14.4 Å². The summed E-state index contributed by atoms with van der Waals surface area (Å²) in [6.45, 7) is 6.30. The van der Waals surface area contributed by atoms with Crippen molar-refractivity contribution in [3.63, 3.8) is 0 Å². The summed E-state index contributed by atoms with van der Waals surface area (Å²) < 4.78 is 3.15. The van der Waals surface area contributed by atoms with Crippen molar-refractivity contribution >= 4 is 38.6 Å². The summed E-state index contributed by atoms with van der Waals surface area (Å²) in [4.78, 5) is 28.4. The van der Waals surface area contributed by atoms with Gasteiger partial charge in [-0.15, -0.1) is 0 Å². The first-order chi connectivity index (χ1) is 14.4. The molecule has 0 spiro atoms. The lowest BCUT2D eigenvalue weighted by molar-refractivity contribution is -0.133. The molecule has 1 aromatic heterocycles. The van der Waals surface area contributed by atoms with Crippen LogP contribution < -0.4 is 5.73 Å². The maximum Gasteiger partial charge on any atom is 0.248 e. The molecule has 0 unspecified atom stereocenters. The number of carbonyl (C=O) groups excluding carboxylic acids is 2. The van der Waals surface area contributed by atoms with Crippen LogP contribution in [-0.2, 0) is 17.9 Å². The van der Waals surface area contributed by atoms with Gasteiger partial charge in [0.2, 0.25) is 11.8 Å². The normalized spacial score (nSPS) is 14.9. The Morgan fingerprint density at radius 2 is 1.67 bits per heavy atom. The maximum atomic E-state index is 13.0. The summed E-state index contributed by atoms with van der Waals surface area (Å²) in [7, 11) is 0. The van der Waals surface area contributed by atoms with Gasteiger partial charge in [-0.3, -0.25) is 14.5 Å². The third-order valence-electron chi connectivity index (χ3n) is 5.82. The molecule has 1 saturated heterocycles. The number of piperazine rings is 1. The first-order valence-electron chi connectivity index (χ1n) is 10.1. The fourth-order valence-corrected chi connectivity index (χ4v) is 4.57. The van der Waals surface area contributed by atoms with Crippen molar-refractivity contribution in [3.05, 3.63) is 69.8 Å². The van der Waals surface area contributed by atoms with E-state index in [2.05, 4.69) is 37.5 Å². The number of benzene rings is 2. The second-order valence-electron chi connectivity index (χ2n) is 7.72. The quantitative estimate of drug-likeness (QED) is 0.624. The number of fused-ring (bicyclic) bond motifs is 1. The number of nitrogens with zero attached hydrogens (tertiary/aromatic N) is 3. The molecule has 0 saturated carbocycles. The number of hydrogen-bond donors (Lipinski definition) is 1. The van der Waals surface area contributed by atoms with Crippen LogP contribution in [0, 0.1) is 6.92 Å². The van der Waals surface area contributed by atoms with Gasteiger partial charge < -0.3 is 15.2 Å². The number of carbonyl (C=O) groups is 2. The number of rotatable bonds is 5. The van der Waals surface area contributed by atoms with Crippen molar-refractivity contribution in [1.29, 1.82) is 0 Å². The smallest absolute Gasteiger partial charge is 0.248 e. The van der Waals surface area contributed by atoms with E-state index in [1.807, 2.05) is 36.1 Å². The van der Waals surface area contributed by atoms with Crippen LogP contribution in [0.1, 0.15) is 21.6 Å². The molecule has 0 radical (unpaired) electrons. The summed E-state index contributed by atoms with van der Waals surface area (Å²) >= 11 is 3.66. The summed E-state index contributed by atoms with van der Waals surface area (Å²) in [6, 6.07) is 15.6. The van der Waals surface area contributed by atoms with Crippen LogP contribution >= 0.6 is 15.9 Å². The minimum Gasteiger partial charge on any atom is -0.366 e. The molecule has 2 heterocycles. The average Bonchev–Trinajstić information content (AvgIpc) is 3.00. The van der Waals surface area contributed by atoms with Gasteiger partial charge in [0.25, 0.3) is 0 Å². The summed E-state index contributed by atoms with van der Waals surface area (Å²) in [5.41, 5.74) is 9.11. The van der Waals surface area contributed by atoms with Crippen LogP contribution in [0.25, 0.3) is 10.9 Å². The first kappa shape index (κ1) is 20.6. The standard InChI is InChI=1S/C23H25BrN4O2/c1-16-22(24)19-4-2-3-5-20(19)28(16)15-21(29)27-12-10-26(11-13-27)14-17-6-8-18(9-7-17)23(25)30/h2-9H,10-15H2,1H3,(H2,25,30). The van der Waals surface area contributed by atoms with Gasteiger partial charge in [0.1, 0.15) is 6.54 Å². The Morgan fingerprint density at radius 1 is 1.00 bits per heavy atom. The van der Waals surface area contributed by atoms with Gasteiger partial charge in [-0.25, -0.2) is 0 Å². The second-order valence-corrected chi connectivity index (χ2v) is 8.51. The van der Waals surface area contributed by atoms with Gasteiger partial charge in [-0.2, -0.15) is 0 Å². The highest BCUT2D eigenvalue weighted by atomic mass is 79.9. The molecule has 2 N–H and O–H groups in total. The van der Waals surface area contributed by atoms with E-state index in [-0.39, 0.29) is 5.91 Å². The van der Waals surface area contributed by atoms with E-state index in [0.717, 1.165) is 59.4 Å². The Hall–Kier alpha value is -2.64. The first-order valence-corrected chi connectivity index (χ1v) is 10.9. The molecule has 156 valence electrons. The van der Waals surface area contributed by atoms with Gasteiger partial charge in [0.05, 0.1) is 0 Å². The monoisotopic (exact) mass is 468 g/mol. The Morgan fingerprint density at radius 3 is 2.33 bits per heavy atom. The zero-order valence-electron chi connectivity index (χ0n) is 17.0. The van der Waals surface area contributed by atoms with Gasteiger partial charge in [0.15, 0.2) is 0 Å². The number of hydrogen-bond acceptors (Lipinski definition) is 3. The molecule has 30 heavy (non-hydrogen) atoms. The molecule has 0 aliphatic carbocycles. The molecule has 4 rings (SSSR count). The van der Waals surface area contributed by atoms with Crippen LogP contribution in [0.4, 0.5) is 0 Å². The van der Waals surface area contributed by atoms with Gasteiger partial charge in [-0.05, 0) is 46.6 Å². The van der Waals surface area contributed by atoms with Crippen molar-refractivity contribution in [2.45, 2.75) is 20.0 Å². The Balaban J connectivity index is 1.36. The number of primary amides is 1. The molecule has 7 heteroatoms. The highest BCUT2D eigenvalue weighted by Crippen LogP contribution is 2.30. The molecule has 6 nitrogen and oxygen atoms in total. The molecular weight excluding hydrogens is 444 g/mol. The number of aromatic nitrogens is 1. The van der Waals surface area contributed by atoms with Crippen LogP contribution in [0.5, 0.6) is 0 Å². The number of nitrogens with two attached hydrogens (primary N) is 1. The van der Waals surface area contributed by atoms with E-state index in [9.17, 15) is 9.59 Å².